The summed E-state index contributed by atoms with van der Waals surface area (Å²) in [6, 6.07) is 8.60. The van der Waals surface area contributed by atoms with Gasteiger partial charge in [-0.05, 0) is 25.0 Å². The zero-order valence-corrected chi connectivity index (χ0v) is 17.5. The van der Waals surface area contributed by atoms with E-state index in [1.165, 1.54) is 18.9 Å². The van der Waals surface area contributed by atoms with Crippen molar-refractivity contribution in [2.75, 3.05) is 13.1 Å². The molecule has 0 amide bonds. The minimum Gasteiger partial charge on any atom is -0.425 e. The Morgan fingerprint density at radius 3 is 2.20 bits per heavy atom. The van der Waals surface area contributed by atoms with Crippen molar-refractivity contribution in [3.8, 4) is 0 Å². The summed E-state index contributed by atoms with van der Waals surface area (Å²) in [5.41, 5.74) is 0.409. The zero-order chi connectivity index (χ0) is 22.1. The number of carbonyl (C=O) groups is 3. The number of benzene rings is 1. The first kappa shape index (κ1) is 23.3. The quantitative estimate of drug-likeness (QED) is 0.326. The van der Waals surface area contributed by atoms with Gasteiger partial charge in [0.25, 0.3) is 0 Å². The largest absolute Gasteiger partial charge is 0.425 e. The third-order valence-corrected chi connectivity index (χ3v) is 4.11. The van der Waals surface area contributed by atoms with Crippen LogP contribution in [0.4, 0.5) is 0 Å². The Bertz CT molecular complexity index is 803. The predicted octanol–water partition coefficient (Wildman–Crippen LogP) is 3.15. The van der Waals surface area contributed by atoms with Crippen LogP contribution in [0.25, 0.3) is 0 Å². The van der Waals surface area contributed by atoms with Crippen molar-refractivity contribution in [3.63, 3.8) is 0 Å². The maximum absolute atomic E-state index is 12.5. The molecule has 0 saturated heterocycles. The molecule has 8 nitrogen and oxygen atoms in total. The van der Waals surface area contributed by atoms with Gasteiger partial charge in [0.15, 0.2) is 11.5 Å². The summed E-state index contributed by atoms with van der Waals surface area (Å²) in [6.45, 7) is 8.64. The van der Waals surface area contributed by atoms with Crippen LogP contribution in [0.2, 0.25) is 0 Å². The van der Waals surface area contributed by atoms with Crippen LogP contribution in [0.1, 0.15) is 44.0 Å². The third kappa shape index (κ3) is 6.53. The molecule has 8 heteroatoms. The number of hydrogen-bond acceptors (Lipinski definition) is 8. The van der Waals surface area contributed by atoms with Crippen molar-refractivity contribution in [1.29, 1.82) is 0 Å². The van der Waals surface area contributed by atoms with Gasteiger partial charge in [0.1, 0.15) is 12.2 Å². The van der Waals surface area contributed by atoms with Gasteiger partial charge in [-0.1, -0.05) is 31.2 Å². The van der Waals surface area contributed by atoms with E-state index < -0.39 is 30.1 Å². The smallest absolute Gasteiger partial charge is 0.357 e. The molecule has 1 aliphatic heterocycles. The van der Waals surface area contributed by atoms with Crippen molar-refractivity contribution in [2.24, 2.45) is 0 Å². The maximum Gasteiger partial charge on any atom is 0.357 e. The molecular formula is C22H27NO7. The lowest BCUT2D eigenvalue weighted by atomic mass is 10.2. The van der Waals surface area contributed by atoms with Gasteiger partial charge in [0.05, 0.1) is 12.1 Å². The number of ether oxygens (including phenoxy) is 3. The van der Waals surface area contributed by atoms with E-state index in [1.54, 1.807) is 36.4 Å². The highest BCUT2D eigenvalue weighted by Crippen LogP contribution is 2.32. The molecule has 0 aromatic heterocycles. The van der Waals surface area contributed by atoms with E-state index in [4.69, 9.17) is 19.0 Å². The summed E-state index contributed by atoms with van der Waals surface area (Å²) < 4.78 is 16.6. The minimum absolute atomic E-state index is 0.0907. The van der Waals surface area contributed by atoms with Crippen LogP contribution in [-0.4, -0.2) is 48.3 Å². The average molecular weight is 417 g/mol. The number of hydroxylamine groups is 2. The lowest BCUT2D eigenvalue weighted by Crippen LogP contribution is -2.37. The van der Waals surface area contributed by atoms with Gasteiger partial charge in [0, 0.05) is 20.4 Å². The normalized spacial score (nSPS) is 18.3. The fourth-order valence-corrected chi connectivity index (χ4v) is 2.97. The summed E-state index contributed by atoms with van der Waals surface area (Å²) >= 11 is 0. The second-order valence-electron chi connectivity index (χ2n) is 6.69. The minimum atomic E-state index is -0.775. The Labute approximate surface area is 176 Å². The Balaban J connectivity index is 2.24. The van der Waals surface area contributed by atoms with Gasteiger partial charge < -0.3 is 19.0 Å². The van der Waals surface area contributed by atoms with Crippen LogP contribution in [0.15, 0.2) is 54.5 Å². The Morgan fingerprint density at radius 2 is 1.67 bits per heavy atom. The van der Waals surface area contributed by atoms with E-state index in [2.05, 4.69) is 6.58 Å². The highest BCUT2D eigenvalue weighted by Gasteiger charge is 2.40. The topological polar surface area (TPSA) is 91.4 Å². The highest BCUT2D eigenvalue weighted by molar-refractivity contribution is 5.89. The van der Waals surface area contributed by atoms with Crippen LogP contribution < -0.4 is 0 Å². The molecule has 0 bridgehead atoms. The number of esters is 2. The fraction of sp³-hybridized carbons (Fsp3) is 0.409. The van der Waals surface area contributed by atoms with Crippen molar-refractivity contribution in [2.45, 2.75) is 45.8 Å². The van der Waals surface area contributed by atoms with E-state index >= 15 is 0 Å². The lowest BCUT2D eigenvalue weighted by molar-refractivity contribution is -0.145. The molecular weight excluding hydrogens is 390 g/mol. The molecule has 2 atom stereocenters. The molecule has 1 aliphatic rings. The van der Waals surface area contributed by atoms with Gasteiger partial charge in [0.2, 0.25) is 0 Å². The van der Waals surface area contributed by atoms with Crippen molar-refractivity contribution in [3.05, 3.63) is 60.1 Å². The predicted molar refractivity (Wildman–Crippen MR) is 108 cm³/mol. The first-order valence-corrected chi connectivity index (χ1v) is 9.75. The molecule has 1 aromatic carbocycles. The standard InChI is InChI=1S/C22H27NO7/c1-5-10-18-20(27-15(3)24)21(28-16(4)25)19(29-18)14-23(13-6-2)30-22(26)17-11-8-7-9-12-17/h5,7-9,11-12,18-19H,1,6,10,13-14H2,2-4H3/t18-,19-/m1/s1. The van der Waals surface area contributed by atoms with Crippen LogP contribution >= 0.6 is 0 Å². The van der Waals surface area contributed by atoms with Crippen molar-refractivity contribution >= 4 is 17.9 Å². The fourth-order valence-electron chi connectivity index (χ4n) is 2.97. The van der Waals surface area contributed by atoms with Gasteiger partial charge in [-0.25, -0.2) is 4.79 Å². The first-order chi connectivity index (χ1) is 14.3. The van der Waals surface area contributed by atoms with Crippen LogP contribution in [-0.2, 0) is 28.6 Å². The molecule has 0 radical (unpaired) electrons. The third-order valence-electron chi connectivity index (χ3n) is 4.11. The molecule has 2 rings (SSSR count). The van der Waals surface area contributed by atoms with Crippen molar-refractivity contribution < 1.29 is 33.4 Å². The van der Waals surface area contributed by atoms with E-state index in [0.29, 0.717) is 24.9 Å². The van der Waals surface area contributed by atoms with Crippen LogP contribution in [0.3, 0.4) is 0 Å². The van der Waals surface area contributed by atoms with E-state index in [-0.39, 0.29) is 18.1 Å². The molecule has 1 heterocycles. The van der Waals surface area contributed by atoms with Crippen LogP contribution in [0.5, 0.6) is 0 Å². The van der Waals surface area contributed by atoms with E-state index in [1.807, 2.05) is 6.92 Å². The molecule has 0 spiro atoms. The van der Waals surface area contributed by atoms with E-state index in [0.717, 1.165) is 0 Å². The Kier molecular flexibility index (Phi) is 8.76. The first-order valence-electron chi connectivity index (χ1n) is 9.75. The molecule has 0 N–H and O–H groups in total. The molecule has 1 aromatic rings. The number of hydrogen-bond donors (Lipinski definition) is 0. The van der Waals surface area contributed by atoms with Gasteiger partial charge in [-0.15, -0.1) is 11.6 Å². The van der Waals surface area contributed by atoms with Crippen LogP contribution in [0, 0.1) is 0 Å². The number of carbonyl (C=O) groups excluding carboxylic acids is 3. The monoisotopic (exact) mass is 417 g/mol. The number of nitrogens with zero attached hydrogens (tertiary/aromatic N) is 1. The SMILES string of the molecule is C=CC[C@H]1O[C@H](CN(CCC)OC(=O)c2ccccc2)C(OC(C)=O)=C1OC(C)=O. The van der Waals surface area contributed by atoms with E-state index in [9.17, 15) is 14.4 Å². The molecule has 30 heavy (non-hydrogen) atoms. The van der Waals surface area contributed by atoms with Gasteiger partial charge >= 0.3 is 17.9 Å². The molecule has 0 aliphatic carbocycles. The van der Waals surface area contributed by atoms with Gasteiger partial charge in [-0.2, -0.15) is 0 Å². The number of rotatable bonds is 10. The molecule has 0 saturated carbocycles. The summed E-state index contributed by atoms with van der Waals surface area (Å²) in [4.78, 5) is 41.2. The molecule has 162 valence electrons. The Morgan fingerprint density at radius 1 is 1.07 bits per heavy atom. The summed E-state index contributed by atoms with van der Waals surface area (Å²) in [5.74, 6) is -1.42. The summed E-state index contributed by atoms with van der Waals surface area (Å²) in [6.07, 6.45) is 1.25. The lowest BCUT2D eigenvalue weighted by Gasteiger charge is -2.24. The highest BCUT2D eigenvalue weighted by atomic mass is 16.7. The second kappa shape index (κ2) is 11.3. The molecule has 0 unspecified atom stereocenters. The summed E-state index contributed by atoms with van der Waals surface area (Å²) in [7, 11) is 0. The molecule has 0 fully saturated rings. The average Bonchev–Trinajstić information content (AvgIpc) is 2.98. The zero-order valence-electron chi connectivity index (χ0n) is 17.5. The maximum atomic E-state index is 12.5. The Hall–Kier alpha value is -2.97. The van der Waals surface area contributed by atoms with Gasteiger partial charge in [-0.3, -0.25) is 9.59 Å². The second-order valence-corrected chi connectivity index (χ2v) is 6.69. The summed E-state index contributed by atoms with van der Waals surface area (Å²) in [5, 5.41) is 1.45. The van der Waals surface area contributed by atoms with Crippen molar-refractivity contribution in [1.82, 2.24) is 5.06 Å².